The van der Waals surface area contributed by atoms with Gasteiger partial charge in [-0.1, -0.05) is 13.8 Å². The molecule has 5 nitrogen and oxygen atoms in total. The van der Waals surface area contributed by atoms with Crippen LogP contribution in [-0.2, 0) is 14.6 Å². The summed E-state index contributed by atoms with van der Waals surface area (Å²) >= 11 is 0. The van der Waals surface area contributed by atoms with Crippen LogP contribution < -0.4 is 11.1 Å². The Balaban J connectivity index is 2.81. The van der Waals surface area contributed by atoms with E-state index in [1.54, 1.807) is 32.9 Å². The van der Waals surface area contributed by atoms with Crippen LogP contribution in [0.3, 0.4) is 0 Å². The lowest BCUT2D eigenvalue weighted by molar-refractivity contribution is -0.119. The minimum atomic E-state index is -3.21. The summed E-state index contributed by atoms with van der Waals surface area (Å²) in [6.07, 6.45) is 0. The van der Waals surface area contributed by atoms with E-state index in [4.69, 9.17) is 5.73 Å². The molecule has 3 N–H and O–H groups in total. The van der Waals surface area contributed by atoms with Crippen LogP contribution in [0.15, 0.2) is 29.2 Å². The predicted octanol–water partition coefficient (Wildman–Crippen LogP) is 1.40. The second-order valence-electron chi connectivity index (χ2n) is 4.56. The van der Waals surface area contributed by atoms with Crippen molar-refractivity contribution in [2.24, 2.45) is 11.7 Å². The van der Waals surface area contributed by atoms with Crippen molar-refractivity contribution in [1.29, 1.82) is 0 Å². The third kappa shape index (κ3) is 4.04. The van der Waals surface area contributed by atoms with Crippen molar-refractivity contribution >= 4 is 21.4 Å². The molecule has 19 heavy (non-hydrogen) atoms. The third-order valence-corrected chi connectivity index (χ3v) is 4.81. The van der Waals surface area contributed by atoms with E-state index < -0.39 is 9.84 Å². The van der Waals surface area contributed by atoms with Crippen LogP contribution >= 0.6 is 0 Å². The molecule has 1 rings (SSSR count). The van der Waals surface area contributed by atoms with Gasteiger partial charge in [0.05, 0.1) is 16.6 Å². The summed E-state index contributed by atoms with van der Waals surface area (Å²) in [5.74, 6) is -0.430. The number of hydrogen-bond donors (Lipinski definition) is 2. The maximum absolute atomic E-state index is 11.8. The van der Waals surface area contributed by atoms with Crippen molar-refractivity contribution < 1.29 is 13.2 Å². The Kier molecular flexibility index (Phi) is 5.08. The van der Waals surface area contributed by atoms with Crippen LogP contribution in [0, 0.1) is 5.92 Å². The molecule has 0 saturated carbocycles. The molecule has 6 heteroatoms. The number of amides is 1. The Hall–Kier alpha value is -1.40. The number of rotatable bonds is 5. The molecule has 0 radical (unpaired) electrons. The topological polar surface area (TPSA) is 89.3 Å². The van der Waals surface area contributed by atoms with Crippen LogP contribution in [0.4, 0.5) is 5.69 Å². The summed E-state index contributed by atoms with van der Waals surface area (Å²) in [6.45, 7) is 5.10. The van der Waals surface area contributed by atoms with E-state index >= 15 is 0 Å². The van der Waals surface area contributed by atoms with E-state index in [9.17, 15) is 13.2 Å². The first kappa shape index (κ1) is 15.7. The highest BCUT2D eigenvalue weighted by Crippen LogP contribution is 2.16. The summed E-state index contributed by atoms with van der Waals surface area (Å²) in [7, 11) is -3.21. The van der Waals surface area contributed by atoms with Crippen LogP contribution in [-0.4, -0.2) is 26.1 Å². The number of anilines is 1. The van der Waals surface area contributed by atoms with Gasteiger partial charge in [0.15, 0.2) is 9.84 Å². The largest absolute Gasteiger partial charge is 0.327 e. The monoisotopic (exact) mass is 284 g/mol. The Bertz CT molecular complexity index is 536. The molecule has 0 aliphatic heterocycles. The van der Waals surface area contributed by atoms with E-state index in [-0.39, 0.29) is 28.5 Å². The number of hydrogen-bond acceptors (Lipinski definition) is 4. The number of carbonyl (C=O) groups is 1. The van der Waals surface area contributed by atoms with Crippen molar-refractivity contribution in [2.75, 3.05) is 11.1 Å². The summed E-state index contributed by atoms with van der Waals surface area (Å²) in [5.41, 5.74) is 6.21. The molecule has 0 bridgehead atoms. The lowest BCUT2D eigenvalue weighted by atomic mass is 10.0. The van der Waals surface area contributed by atoms with Gasteiger partial charge < -0.3 is 11.1 Å². The van der Waals surface area contributed by atoms with Gasteiger partial charge in [0.25, 0.3) is 0 Å². The molecule has 0 aliphatic carbocycles. The molecule has 2 atom stereocenters. The number of nitrogens with two attached hydrogens (primary N) is 1. The molecule has 0 heterocycles. The molecular formula is C13H20N2O3S. The van der Waals surface area contributed by atoms with Crippen molar-refractivity contribution in [2.45, 2.75) is 31.7 Å². The fraction of sp³-hybridized carbons (Fsp3) is 0.462. The van der Waals surface area contributed by atoms with Gasteiger partial charge in [-0.25, -0.2) is 8.42 Å². The predicted molar refractivity (Wildman–Crippen MR) is 75.6 cm³/mol. The highest BCUT2D eigenvalue weighted by Gasteiger charge is 2.17. The first-order valence-electron chi connectivity index (χ1n) is 6.17. The number of benzene rings is 1. The van der Waals surface area contributed by atoms with Crippen molar-refractivity contribution in [3.8, 4) is 0 Å². The van der Waals surface area contributed by atoms with E-state index in [0.717, 1.165) is 0 Å². The molecule has 0 aromatic heterocycles. The standard InChI is InChI=1S/C13H20N2O3S/c1-4-19(17,18)12-7-5-11(6-8-12)15-13(16)9(2)10(3)14/h5-10H,4,14H2,1-3H3,(H,15,16). The first-order valence-corrected chi connectivity index (χ1v) is 7.82. The average Bonchev–Trinajstić information content (AvgIpc) is 2.38. The fourth-order valence-electron chi connectivity index (χ4n) is 1.41. The maximum Gasteiger partial charge on any atom is 0.228 e. The van der Waals surface area contributed by atoms with Gasteiger partial charge in [-0.2, -0.15) is 0 Å². The van der Waals surface area contributed by atoms with Crippen molar-refractivity contribution in [1.82, 2.24) is 0 Å². The number of nitrogens with one attached hydrogen (secondary N) is 1. The summed E-state index contributed by atoms with van der Waals surface area (Å²) in [4.78, 5) is 12.0. The minimum absolute atomic E-state index is 0.0560. The summed E-state index contributed by atoms with van der Waals surface area (Å²) in [5, 5.41) is 2.71. The second kappa shape index (κ2) is 6.16. The molecule has 2 unspecified atom stereocenters. The quantitative estimate of drug-likeness (QED) is 0.855. The van der Waals surface area contributed by atoms with E-state index in [0.29, 0.717) is 5.69 Å². The Morgan fingerprint density at radius 3 is 2.21 bits per heavy atom. The highest BCUT2D eigenvalue weighted by molar-refractivity contribution is 7.91. The van der Waals surface area contributed by atoms with Gasteiger partial charge in [-0.3, -0.25) is 4.79 Å². The van der Waals surface area contributed by atoms with Crippen LogP contribution in [0.1, 0.15) is 20.8 Å². The van der Waals surface area contributed by atoms with Gasteiger partial charge >= 0.3 is 0 Å². The Labute approximate surface area is 114 Å². The Morgan fingerprint density at radius 1 is 1.26 bits per heavy atom. The van der Waals surface area contributed by atoms with Gasteiger partial charge in [-0.05, 0) is 31.2 Å². The molecule has 0 saturated heterocycles. The molecular weight excluding hydrogens is 264 g/mol. The Morgan fingerprint density at radius 2 is 1.79 bits per heavy atom. The zero-order chi connectivity index (χ0) is 14.6. The fourth-order valence-corrected chi connectivity index (χ4v) is 2.29. The van der Waals surface area contributed by atoms with E-state index in [2.05, 4.69) is 5.32 Å². The summed E-state index contributed by atoms with van der Waals surface area (Å²) in [6, 6.07) is 5.90. The zero-order valence-electron chi connectivity index (χ0n) is 11.4. The molecule has 0 fully saturated rings. The second-order valence-corrected chi connectivity index (χ2v) is 6.84. The SMILES string of the molecule is CCS(=O)(=O)c1ccc(NC(=O)C(C)C(C)N)cc1. The van der Waals surface area contributed by atoms with Crippen molar-refractivity contribution in [3.05, 3.63) is 24.3 Å². The molecule has 106 valence electrons. The lowest BCUT2D eigenvalue weighted by Crippen LogP contribution is -2.34. The molecule has 1 aromatic carbocycles. The molecule has 0 aliphatic rings. The van der Waals surface area contributed by atoms with Gasteiger partial charge in [0.2, 0.25) is 5.91 Å². The van der Waals surface area contributed by atoms with Gasteiger partial charge in [-0.15, -0.1) is 0 Å². The maximum atomic E-state index is 11.8. The zero-order valence-corrected chi connectivity index (χ0v) is 12.2. The van der Waals surface area contributed by atoms with E-state index in [1.165, 1.54) is 12.1 Å². The molecule has 0 spiro atoms. The lowest BCUT2D eigenvalue weighted by Gasteiger charge is -2.15. The average molecular weight is 284 g/mol. The van der Waals surface area contributed by atoms with E-state index in [1.807, 2.05) is 0 Å². The van der Waals surface area contributed by atoms with Crippen LogP contribution in [0.25, 0.3) is 0 Å². The molecule has 1 amide bonds. The number of sulfone groups is 1. The highest BCUT2D eigenvalue weighted by atomic mass is 32.2. The first-order chi connectivity index (χ1) is 8.77. The number of carbonyl (C=O) groups excluding carboxylic acids is 1. The molecule has 1 aromatic rings. The minimum Gasteiger partial charge on any atom is -0.327 e. The van der Waals surface area contributed by atoms with Crippen LogP contribution in [0.5, 0.6) is 0 Å². The van der Waals surface area contributed by atoms with Gasteiger partial charge in [0, 0.05) is 11.7 Å². The summed E-state index contributed by atoms with van der Waals surface area (Å²) < 4.78 is 23.3. The third-order valence-electron chi connectivity index (χ3n) is 3.06. The van der Waals surface area contributed by atoms with Crippen molar-refractivity contribution in [3.63, 3.8) is 0 Å². The van der Waals surface area contributed by atoms with Gasteiger partial charge in [0.1, 0.15) is 0 Å². The van der Waals surface area contributed by atoms with Crippen LogP contribution in [0.2, 0.25) is 0 Å². The normalized spacial score (nSPS) is 14.7. The smallest absolute Gasteiger partial charge is 0.228 e.